The molecule has 0 spiro atoms. The number of ether oxygens (including phenoxy) is 1. The van der Waals surface area contributed by atoms with E-state index in [0.717, 1.165) is 5.56 Å². The van der Waals surface area contributed by atoms with Gasteiger partial charge in [0.15, 0.2) is 0 Å². The first-order chi connectivity index (χ1) is 11.8. The fraction of sp³-hybridized carbons (Fsp3) is 0.375. The minimum atomic E-state index is -1.21. The molecule has 3 amide bonds. The Balaban J connectivity index is 2.31. The Kier molecular flexibility index (Phi) is 8.07. The van der Waals surface area contributed by atoms with Gasteiger partial charge in [-0.2, -0.15) is 0 Å². The SMILES string of the molecule is C[C@@H](NC(=O)CC[C@@H](N)C(=O)O)C(=O)NC(=O)OCc1ccccc1. The second-order valence-electron chi connectivity index (χ2n) is 5.32. The fourth-order valence-electron chi connectivity index (χ4n) is 1.76. The third-order valence-corrected chi connectivity index (χ3v) is 3.21. The van der Waals surface area contributed by atoms with Crippen LogP contribution < -0.4 is 16.4 Å². The van der Waals surface area contributed by atoms with Crippen LogP contribution in [0.2, 0.25) is 0 Å². The first kappa shape index (κ1) is 20.1. The Labute approximate surface area is 144 Å². The summed E-state index contributed by atoms with van der Waals surface area (Å²) in [5.74, 6) is -2.49. The van der Waals surface area contributed by atoms with Gasteiger partial charge in [-0.15, -0.1) is 0 Å². The van der Waals surface area contributed by atoms with Crippen molar-refractivity contribution in [3.8, 4) is 0 Å². The highest BCUT2D eigenvalue weighted by Gasteiger charge is 2.20. The summed E-state index contributed by atoms with van der Waals surface area (Å²) in [6.07, 6.45) is -1.14. The molecule has 136 valence electrons. The van der Waals surface area contributed by atoms with Gasteiger partial charge in [0.25, 0.3) is 5.91 Å². The molecule has 0 fully saturated rings. The molecule has 0 aromatic heterocycles. The number of imide groups is 1. The van der Waals surface area contributed by atoms with E-state index < -0.39 is 36.0 Å². The molecule has 25 heavy (non-hydrogen) atoms. The largest absolute Gasteiger partial charge is 0.480 e. The van der Waals surface area contributed by atoms with E-state index in [0.29, 0.717) is 0 Å². The van der Waals surface area contributed by atoms with Crippen molar-refractivity contribution in [3.63, 3.8) is 0 Å². The van der Waals surface area contributed by atoms with Gasteiger partial charge in [-0.25, -0.2) is 4.79 Å². The van der Waals surface area contributed by atoms with Gasteiger partial charge in [0.1, 0.15) is 18.7 Å². The maximum Gasteiger partial charge on any atom is 0.414 e. The number of carbonyl (C=O) groups is 4. The summed E-state index contributed by atoms with van der Waals surface area (Å²) in [4.78, 5) is 45.5. The lowest BCUT2D eigenvalue weighted by atomic mass is 10.1. The van der Waals surface area contributed by atoms with E-state index in [1.54, 1.807) is 24.3 Å². The summed E-state index contributed by atoms with van der Waals surface area (Å²) in [6, 6.07) is 6.78. The number of carboxylic acids is 1. The number of carboxylic acid groups (broad SMARTS) is 1. The van der Waals surface area contributed by atoms with Crippen LogP contribution >= 0.6 is 0 Å². The zero-order valence-corrected chi connectivity index (χ0v) is 13.7. The maximum atomic E-state index is 11.8. The number of nitrogens with one attached hydrogen (secondary N) is 2. The molecule has 9 heteroatoms. The van der Waals surface area contributed by atoms with Crippen molar-refractivity contribution in [2.45, 2.75) is 38.5 Å². The van der Waals surface area contributed by atoms with Crippen molar-refractivity contribution in [1.82, 2.24) is 10.6 Å². The Morgan fingerprint density at radius 3 is 2.44 bits per heavy atom. The van der Waals surface area contributed by atoms with Crippen LogP contribution in [0.5, 0.6) is 0 Å². The number of amides is 3. The average molecular weight is 351 g/mol. The predicted molar refractivity (Wildman–Crippen MR) is 87.2 cm³/mol. The van der Waals surface area contributed by atoms with E-state index in [1.807, 2.05) is 11.4 Å². The van der Waals surface area contributed by atoms with E-state index in [-0.39, 0.29) is 19.4 Å². The summed E-state index contributed by atoms with van der Waals surface area (Å²) < 4.78 is 4.89. The number of benzene rings is 1. The number of carbonyl (C=O) groups excluding carboxylic acids is 3. The molecule has 1 aromatic rings. The van der Waals surface area contributed by atoms with Crippen molar-refractivity contribution in [1.29, 1.82) is 0 Å². The Morgan fingerprint density at radius 2 is 1.84 bits per heavy atom. The molecule has 0 aliphatic heterocycles. The van der Waals surface area contributed by atoms with Crippen molar-refractivity contribution in [3.05, 3.63) is 35.9 Å². The van der Waals surface area contributed by atoms with Crippen LogP contribution in [-0.4, -0.2) is 41.1 Å². The summed E-state index contributed by atoms with van der Waals surface area (Å²) >= 11 is 0. The first-order valence-electron chi connectivity index (χ1n) is 7.59. The van der Waals surface area contributed by atoms with Gasteiger partial charge in [-0.1, -0.05) is 30.3 Å². The number of alkyl carbamates (subject to hydrolysis) is 1. The fourth-order valence-corrected chi connectivity index (χ4v) is 1.76. The Hall–Kier alpha value is -2.94. The highest BCUT2D eigenvalue weighted by Crippen LogP contribution is 2.00. The van der Waals surface area contributed by atoms with Crippen LogP contribution in [0.4, 0.5) is 4.79 Å². The molecular formula is C16H21N3O6. The molecule has 0 bridgehead atoms. The molecule has 0 aliphatic rings. The second-order valence-corrected chi connectivity index (χ2v) is 5.32. The van der Waals surface area contributed by atoms with E-state index >= 15 is 0 Å². The number of nitrogens with two attached hydrogens (primary N) is 1. The minimum absolute atomic E-state index is 0.00771. The van der Waals surface area contributed by atoms with Gasteiger partial charge in [-0.05, 0) is 18.9 Å². The molecule has 0 aliphatic carbocycles. The van der Waals surface area contributed by atoms with Gasteiger partial charge < -0.3 is 20.9 Å². The quantitative estimate of drug-likeness (QED) is 0.520. The predicted octanol–water partition coefficient (Wildman–Crippen LogP) is 0.136. The van der Waals surface area contributed by atoms with Crippen LogP contribution in [0.3, 0.4) is 0 Å². The van der Waals surface area contributed by atoms with E-state index in [9.17, 15) is 19.2 Å². The summed E-state index contributed by atoms with van der Waals surface area (Å²) in [5.41, 5.74) is 6.05. The summed E-state index contributed by atoms with van der Waals surface area (Å²) in [6.45, 7) is 1.39. The van der Waals surface area contributed by atoms with Gasteiger partial charge in [0.05, 0.1) is 0 Å². The van der Waals surface area contributed by atoms with Crippen LogP contribution in [-0.2, 0) is 25.7 Å². The lowest BCUT2D eigenvalue weighted by Gasteiger charge is -2.14. The molecule has 2 atom stereocenters. The van der Waals surface area contributed by atoms with Crippen molar-refractivity contribution in [2.24, 2.45) is 5.73 Å². The molecule has 0 saturated heterocycles. The molecule has 0 saturated carbocycles. The molecule has 1 rings (SSSR count). The van der Waals surface area contributed by atoms with E-state index in [4.69, 9.17) is 15.6 Å². The lowest BCUT2D eigenvalue weighted by molar-refractivity contribution is -0.138. The average Bonchev–Trinajstić information content (AvgIpc) is 2.58. The van der Waals surface area contributed by atoms with Crippen molar-refractivity contribution in [2.75, 3.05) is 0 Å². The highest BCUT2D eigenvalue weighted by molar-refractivity contribution is 5.96. The van der Waals surface area contributed by atoms with Crippen LogP contribution in [0.1, 0.15) is 25.3 Å². The maximum absolute atomic E-state index is 11.8. The van der Waals surface area contributed by atoms with Crippen LogP contribution in [0.15, 0.2) is 30.3 Å². The van der Waals surface area contributed by atoms with E-state index in [1.165, 1.54) is 6.92 Å². The van der Waals surface area contributed by atoms with Crippen LogP contribution in [0.25, 0.3) is 0 Å². The number of rotatable bonds is 8. The van der Waals surface area contributed by atoms with Crippen molar-refractivity contribution >= 4 is 23.9 Å². The smallest absolute Gasteiger partial charge is 0.414 e. The molecule has 1 aromatic carbocycles. The second kappa shape index (κ2) is 10.0. The molecule has 5 N–H and O–H groups in total. The minimum Gasteiger partial charge on any atom is -0.480 e. The standard InChI is InChI=1S/C16H21N3O6/c1-10(18-13(20)8-7-12(17)15(22)23)14(21)19-16(24)25-9-11-5-3-2-4-6-11/h2-6,10,12H,7-9,17H2,1H3,(H,18,20)(H,22,23)(H,19,21,24)/t10-,12-/m1/s1. The normalized spacial score (nSPS) is 12.6. The molecule has 9 nitrogen and oxygen atoms in total. The number of hydrogen-bond donors (Lipinski definition) is 4. The van der Waals surface area contributed by atoms with E-state index in [2.05, 4.69) is 5.32 Å². The Bertz CT molecular complexity index is 620. The molecule has 0 unspecified atom stereocenters. The first-order valence-corrected chi connectivity index (χ1v) is 7.59. The number of hydrogen-bond acceptors (Lipinski definition) is 6. The van der Waals surface area contributed by atoms with Crippen molar-refractivity contribution < 1.29 is 29.0 Å². The lowest BCUT2D eigenvalue weighted by Crippen LogP contribution is -2.47. The summed E-state index contributed by atoms with van der Waals surface area (Å²) in [7, 11) is 0. The Morgan fingerprint density at radius 1 is 1.20 bits per heavy atom. The summed E-state index contributed by atoms with van der Waals surface area (Å²) in [5, 5.41) is 13.0. The molecule has 0 radical (unpaired) electrons. The topological polar surface area (TPSA) is 148 Å². The zero-order chi connectivity index (χ0) is 18.8. The van der Waals surface area contributed by atoms with Gasteiger partial charge in [0, 0.05) is 6.42 Å². The van der Waals surface area contributed by atoms with Gasteiger partial charge in [0.2, 0.25) is 5.91 Å². The zero-order valence-electron chi connectivity index (χ0n) is 13.7. The molecule has 0 heterocycles. The monoisotopic (exact) mass is 351 g/mol. The van der Waals surface area contributed by atoms with Gasteiger partial charge >= 0.3 is 12.1 Å². The third kappa shape index (κ3) is 7.93. The third-order valence-electron chi connectivity index (χ3n) is 3.21. The molecular weight excluding hydrogens is 330 g/mol. The number of aliphatic carboxylic acids is 1. The van der Waals surface area contributed by atoms with Gasteiger partial charge in [-0.3, -0.25) is 19.7 Å². The van der Waals surface area contributed by atoms with Crippen LogP contribution in [0, 0.1) is 0 Å². The highest BCUT2D eigenvalue weighted by atomic mass is 16.5.